The van der Waals surface area contributed by atoms with E-state index < -0.39 is 0 Å². The number of rotatable bonds is 5. The van der Waals surface area contributed by atoms with E-state index in [0.717, 1.165) is 17.7 Å². The summed E-state index contributed by atoms with van der Waals surface area (Å²) in [5.74, 6) is 5.44. The number of carbonyl (C=O) groups is 1. The highest BCUT2D eigenvalue weighted by Crippen LogP contribution is 2.28. The number of nitrogens with one attached hydrogen (secondary N) is 1. The molecule has 3 rings (SSSR count). The Bertz CT molecular complexity index is 687. The molecular weight excluding hydrogens is 305 g/mol. The van der Waals surface area contributed by atoms with E-state index in [1.165, 1.54) is 44.2 Å². The smallest absolute Gasteiger partial charge is 0.281 e. The van der Waals surface area contributed by atoms with Crippen molar-refractivity contribution < 1.29 is 9.18 Å². The summed E-state index contributed by atoms with van der Waals surface area (Å²) in [6.45, 7) is 0.540. The van der Waals surface area contributed by atoms with E-state index in [1.54, 1.807) is 12.1 Å². The summed E-state index contributed by atoms with van der Waals surface area (Å²) in [4.78, 5) is 12.1. The van der Waals surface area contributed by atoms with Crippen molar-refractivity contribution in [3.05, 3.63) is 59.2 Å². The molecule has 24 heavy (non-hydrogen) atoms. The number of halogens is 1. The zero-order chi connectivity index (χ0) is 16.9. The third kappa shape index (κ3) is 3.85. The molecule has 1 saturated carbocycles. The van der Waals surface area contributed by atoms with Gasteiger partial charge in [-0.3, -0.25) is 10.2 Å². The topological polar surface area (TPSA) is 60.0 Å². The molecule has 2 aromatic rings. The molecule has 0 atom stereocenters. The van der Waals surface area contributed by atoms with Crippen LogP contribution in [-0.4, -0.2) is 10.5 Å². The van der Waals surface area contributed by atoms with Gasteiger partial charge in [0.15, 0.2) is 0 Å². The normalized spacial score (nSPS) is 15.4. The highest BCUT2D eigenvalue weighted by Gasteiger charge is 2.19. The van der Waals surface area contributed by atoms with Gasteiger partial charge < -0.3 is 4.57 Å². The van der Waals surface area contributed by atoms with Gasteiger partial charge in [0.1, 0.15) is 11.5 Å². The maximum Gasteiger partial charge on any atom is 0.281 e. The minimum absolute atomic E-state index is 0.256. The van der Waals surface area contributed by atoms with E-state index in [2.05, 4.69) is 5.43 Å². The van der Waals surface area contributed by atoms with Gasteiger partial charge in [0, 0.05) is 12.2 Å². The van der Waals surface area contributed by atoms with Gasteiger partial charge in [0.25, 0.3) is 5.91 Å². The number of aromatic nitrogens is 1. The van der Waals surface area contributed by atoms with Gasteiger partial charge in [0.2, 0.25) is 0 Å². The van der Waals surface area contributed by atoms with Crippen LogP contribution in [0.4, 0.5) is 4.39 Å². The number of amides is 1. The molecule has 4 nitrogen and oxygen atoms in total. The van der Waals surface area contributed by atoms with Crippen molar-refractivity contribution in [1.82, 2.24) is 9.99 Å². The first-order valence-electron chi connectivity index (χ1n) is 8.61. The molecule has 0 spiro atoms. The number of nitrogen functional groups attached to an aromatic ring is 1. The minimum atomic E-state index is -0.299. The summed E-state index contributed by atoms with van der Waals surface area (Å²) >= 11 is 0. The first kappa shape index (κ1) is 16.7. The Balaban J connectivity index is 1.86. The van der Waals surface area contributed by atoms with Crippen molar-refractivity contribution in [2.45, 2.75) is 45.1 Å². The molecule has 1 aliphatic carbocycles. The summed E-state index contributed by atoms with van der Waals surface area (Å²) in [5.41, 5.74) is 4.87. The molecule has 128 valence electrons. The molecule has 0 aliphatic heterocycles. The van der Waals surface area contributed by atoms with Gasteiger partial charge in [-0.1, -0.05) is 44.2 Å². The van der Waals surface area contributed by atoms with Crippen molar-refractivity contribution in [1.29, 1.82) is 0 Å². The summed E-state index contributed by atoms with van der Waals surface area (Å²) in [7, 11) is 0. The molecule has 0 unspecified atom stereocenters. The lowest BCUT2D eigenvalue weighted by atomic mass is 9.86. The first-order valence-corrected chi connectivity index (χ1v) is 8.61. The van der Waals surface area contributed by atoms with Gasteiger partial charge in [-0.2, -0.15) is 0 Å². The van der Waals surface area contributed by atoms with E-state index in [9.17, 15) is 9.18 Å². The van der Waals surface area contributed by atoms with Crippen LogP contribution < -0.4 is 11.3 Å². The lowest BCUT2D eigenvalue weighted by Gasteiger charge is -2.22. The Labute approximate surface area is 141 Å². The van der Waals surface area contributed by atoms with E-state index >= 15 is 0 Å². The fourth-order valence-corrected chi connectivity index (χ4v) is 3.61. The Hall–Kier alpha value is -2.14. The van der Waals surface area contributed by atoms with Crippen molar-refractivity contribution >= 4 is 5.91 Å². The van der Waals surface area contributed by atoms with Crippen molar-refractivity contribution in [3.63, 3.8) is 0 Å². The summed E-state index contributed by atoms with van der Waals surface area (Å²) in [6.07, 6.45) is 7.38. The molecule has 1 aromatic heterocycles. The van der Waals surface area contributed by atoms with Gasteiger partial charge in [0.05, 0.1) is 0 Å². The Morgan fingerprint density at radius 2 is 1.83 bits per heavy atom. The average molecular weight is 329 g/mol. The lowest BCUT2D eigenvalue weighted by molar-refractivity contribution is 0.0944. The van der Waals surface area contributed by atoms with E-state index in [1.807, 2.05) is 16.7 Å². The first-order chi connectivity index (χ1) is 11.7. The van der Waals surface area contributed by atoms with E-state index in [0.29, 0.717) is 18.2 Å². The summed E-state index contributed by atoms with van der Waals surface area (Å²) in [5, 5.41) is 0. The van der Waals surface area contributed by atoms with Gasteiger partial charge in [-0.05, 0) is 42.2 Å². The largest absolute Gasteiger partial charge is 0.336 e. The number of nitrogens with two attached hydrogens (primary N) is 1. The number of hydrogen-bond acceptors (Lipinski definition) is 2. The van der Waals surface area contributed by atoms with Gasteiger partial charge in [-0.15, -0.1) is 0 Å². The van der Waals surface area contributed by atoms with Crippen LogP contribution in [0.5, 0.6) is 0 Å². The average Bonchev–Trinajstić information content (AvgIpc) is 2.99. The highest BCUT2D eigenvalue weighted by molar-refractivity contribution is 5.92. The molecule has 0 bridgehead atoms. The molecule has 1 heterocycles. The zero-order valence-electron chi connectivity index (χ0n) is 13.8. The predicted octanol–water partition coefficient (Wildman–Crippen LogP) is 3.40. The molecule has 1 fully saturated rings. The maximum atomic E-state index is 13.1. The van der Waals surface area contributed by atoms with Crippen LogP contribution in [0.25, 0.3) is 0 Å². The van der Waals surface area contributed by atoms with Crippen LogP contribution in [-0.2, 0) is 13.0 Å². The monoisotopic (exact) mass is 329 g/mol. The van der Waals surface area contributed by atoms with Crippen LogP contribution >= 0.6 is 0 Å². The SMILES string of the molecule is NNC(=O)c1ccc(CC2CCCCC2)n1Cc1ccc(F)cc1. The molecule has 1 amide bonds. The quantitative estimate of drug-likeness (QED) is 0.502. The second-order valence-electron chi connectivity index (χ2n) is 6.60. The highest BCUT2D eigenvalue weighted by atomic mass is 19.1. The number of hydrazine groups is 1. The third-order valence-electron chi connectivity index (χ3n) is 4.91. The van der Waals surface area contributed by atoms with Crippen LogP contribution in [0.3, 0.4) is 0 Å². The summed E-state index contributed by atoms with van der Waals surface area (Å²) < 4.78 is 15.1. The third-order valence-corrected chi connectivity index (χ3v) is 4.91. The van der Waals surface area contributed by atoms with Crippen LogP contribution in [0.1, 0.15) is 53.8 Å². The Morgan fingerprint density at radius 1 is 1.12 bits per heavy atom. The molecule has 0 saturated heterocycles. The molecular formula is C19H24FN3O. The molecule has 1 aliphatic rings. The molecule has 1 aromatic carbocycles. The second-order valence-corrected chi connectivity index (χ2v) is 6.60. The van der Waals surface area contributed by atoms with Crippen LogP contribution in [0.15, 0.2) is 36.4 Å². The lowest BCUT2D eigenvalue weighted by Crippen LogP contribution is -2.32. The number of hydrogen-bond donors (Lipinski definition) is 2. The zero-order valence-corrected chi connectivity index (χ0v) is 13.8. The molecule has 0 radical (unpaired) electrons. The number of nitrogens with zero attached hydrogens (tertiary/aromatic N) is 1. The van der Waals surface area contributed by atoms with Gasteiger partial charge >= 0.3 is 0 Å². The molecule has 3 N–H and O–H groups in total. The van der Waals surface area contributed by atoms with E-state index in [-0.39, 0.29) is 11.7 Å². The summed E-state index contributed by atoms with van der Waals surface area (Å²) in [6, 6.07) is 10.2. The number of carbonyl (C=O) groups excluding carboxylic acids is 1. The fourth-order valence-electron chi connectivity index (χ4n) is 3.61. The van der Waals surface area contributed by atoms with Crippen LogP contribution in [0.2, 0.25) is 0 Å². The standard InChI is InChI=1S/C19H24FN3O/c20-16-8-6-15(7-9-16)13-23-17(10-11-18(23)19(24)22-21)12-14-4-2-1-3-5-14/h6-11,14H,1-5,12-13,21H2,(H,22,24). The van der Waals surface area contributed by atoms with Crippen LogP contribution in [0, 0.1) is 11.7 Å². The van der Waals surface area contributed by atoms with Gasteiger partial charge in [-0.25, -0.2) is 10.2 Å². The van der Waals surface area contributed by atoms with E-state index in [4.69, 9.17) is 5.84 Å². The van der Waals surface area contributed by atoms with Crippen molar-refractivity contribution in [2.24, 2.45) is 11.8 Å². The number of benzene rings is 1. The second kappa shape index (κ2) is 7.62. The Kier molecular flexibility index (Phi) is 5.30. The Morgan fingerprint density at radius 3 is 2.50 bits per heavy atom. The van der Waals surface area contributed by atoms with Crippen molar-refractivity contribution in [3.8, 4) is 0 Å². The van der Waals surface area contributed by atoms with Crippen molar-refractivity contribution in [2.75, 3.05) is 0 Å². The maximum absolute atomic E-state index is 13.1. The fraction of sp³-hybridized carbons (Fsp3) is 0.421. The molecule has 5 heteroatoms. The predicted molar refractivity (Wildman–Crippen MR) is 91.9 cm³/mol. The minimum Gasteiger partial charge on any atom is -0.336 e.